The van der Waals surface area contributed by atoms with Crippen molar-refractivity contribution >= 4 is 53.6 Å². The van der Waals surface area contributed by atoms with E-state index in [-0.39, 0.29) is 5.41 Å². The number of aryl methyl sites for hydroxylation is 2. The smallest absolute Gasteiger partial charge is 0.0880 e. The molecule has 0 aliphatic rings. The van der Waals surface area contributed by atoms with Crippen molar-refractivity contribution in [2.75, 3.05) is 0 Å². The van der Waals surface area contributed by atoms with Gasteiger partial charge in [-0.15, -0.1) is 22.7 Å². The molecule has 0 radical (unpaired) electrons. The maximum Gasteiger partial charge on any atom is 0.0880 e. The zero-order valence-corrected chi connectivity index (χ0v) is 21.8. The van der Waals surface area contributed by atoms with Crippen LogP contribution in [0.4, 0.5) is 0 Å². The van der Waals surface area contributed by atoms with Gasteiger partial charge < -0.3 is 0 Å². The van der Waals surface area contributed by atoms with Crippen LogP contribution in [0.25, 0.3) is 52.6 Å². The van der Waals surface area contributed by atoms with Crippen LogP contribution >= 0.6 is 22.7 Å². The van der Waals surface area contributed by atoms with Crippen LogP contribution in [-0.2, 0) is 5.41 Å². The van der Waals surface area contributed by atoms with E-state index in [1.165, 1.54) is 63.6 Å². The Bertz CT molecular complexity index is 1710. The average Bonchev–Trinajstić information content (AvgIpc) is 3.37. The van der Waals surface area contributed by atoms with Crippen molar-refractivity contribution < 1.29 is 0 Å². The molecule has 6 aromatic rings. The fourth-order valence-electron chi connectivity index (χ4n) is 5.04. The number of rotatable bonds is 2. The van der Waals surface area contributed by atoms with Crippen LogP contribution in [0.5, 0.6) is 0 Å². The summed E-state index contributed by atoms with van der Waals surface area (Å²) < 4.78 is 2.65. The second-order valence-electron chi connectivity index (χ2n) is 10.2. The van der Waals surface area contributed by atoms with Gasteiger partial charge in [0.15, 0.2) is 0 Å². The molecule has 3 heterocycles. The fraction of sp³-hybridized carbons (Fsp3) is 0.194. The molecule has 6 rings (SSSR count). The highest BCUT2D eigenvalue weighted by molar-refractivity contribution is 7.24. The first kappa shape index (κ1) is 21.5. The Morgan fingerprint density at radius 1 is 0.794 bits per heavy atom. The lowest BCUT2D eigenvalue weighted by Crippen LogP contribution is -2.12. The Labute approximate surface area is 208 Å². The second-order valence-corrected chi connectivity index (χ2v) is 12.1. The maximum absolute atomic E-state index is 4.93. The molecule has 0 aliphatic heterocycles. The molecule has 3 aromatic carbocycles. The Morgan fingerprint density at radius 2 is 1.59 bits per heavy atom. The van der Waals surface area contributed by atoms with Gasteiger partial charge >= 0.3 is 0 Å². The van der Waals surface area contributed by atoms with Crippen molar-refractivity contribution in [2.45, 2.75) is 40.0 Å². The van der Waals surface area contributed by atoms with Gasteiger partial charge in [0.2, 0.25) is 0 Å². The molecule has 34 heavy (non-hydrogen) atoms. The molecule has 0 fully saturated rings. The summed E-state index contributed by atoms with van der Waals surface area (Å²) in [6.45, 7) is 11.4. The van der Waals surface area contributed by atoms with Crippen LogP contribution in [-0.4, -0.2) is 4.98 Å². The van der Waals surface area contributed by atoms with Gasteiger partial charge in [-0.25, -0.2) is 0 Å². The van der Waals surface area contributed by atoms with E-state index in [1.807, 2.05) is 28.9 Å². The number of thiophene rings is 2. The standard InChI is InChI=1S/C31H27NS2/c1-18-17-33-29-22(18)11-8-12-25(29)28-19(2)23-13-14-32-27(30(23)34-28)21-15-20-9-6-7-10-24(20)26(16-21)31(3,4)5/h6-17H,1-5H3. The lowest BCUT2D eigenvalue weighted by Gasteiger charge is -2.22. The number of nitrogens with zero attached hydrogens (tertiary/aromatic N) is 1. The molecule has 0 atom stereocenters. The fourth-order valence-corrected chi connectivity index (χ4v) is 7.53. The predicted molar refractivity (Wildman–Crippen MR) is 152 cm³/mol. The molecule has 3 aromatic heterocycles. The summed E-state index contributed by atoms with van der Waals surface area (Å²) in [5.41, 5.74) is 7.75. The number of hydrogen-bond donors (Lipinski definition) is 0. The summed E-state index contributed by atoms with van der Waals surface area (Å²) in [7, 11) is 0. The van der Waals surface area contributed by atoms with E-state index < -0.39 is 0 Å². The molecular weight excluding hydrogens is 450 g/mol. The molecular formula is C31H27NS2. The van der Waals surface area contributed by atoms with Gasteiger partial charge in [-0.05, 0) is 81.1 Å². The highest BCUT2D eigenvalue weighted by atomic mass is 32.1. The van der Waals surface area contributed by atoms with Gasteiger partial charge in [0.25, 0.3) is 0 Å². The summed E-state index contributed by atoms with van der Waals surface area (Å²) in [6.07, 6.45) is 1.98. The summed E-state index contributed by atoms with van der Waals surface area (Å²) in [4.78, 5) is 6.29. The van der Waals surface area contributed by atoms with Crippen LogP contribution in [0.15, 0.2) is 72.2 Å². The molecule has 0 saturated heterocycles. The maximum atomic E-state index is 4.93. The first-order valence-electron chi connectivity index (χ1n) is 11.7. The van der Waals surface area contributed by atoms with Crippen molar-refractivity contribution in [3.8, 4) is 21.7 Å². The number of benzene rings is 3. The Balaban J connectivity index is 1.63. The molecule has 0 unspecified atom stereocenters. The van der Waals surface area contributed by atoms with Gasteiger partial charge in [-0.3, -0.25) is 4.98 Å². The number of hydrogen-bond acceptors (Lipinski definition) is 3. The number of fused-ring (bicyclic) bond motifs is 3. The minimum atomic E-state index is 0.0483. The molecule has 0 spiro atoms. The molecule has 0 bridgehead atoms. The molecule has 0 N–H and O–H groups in total. The summed E-state index contributed by atoms with van der Waals surface area (Å²) in [5.74, 6) is 0. The first-order chi connectivity index (χ1) is 16.3. The van der Waals surface area contributed by atoms with Gasteiger partial charge in [0.1, 0.15) is 0 Å². The third-order valence-corrected chi connectivity index (χ3v) is 9.33. The minimum Gasteiger partial charge on any atom is -0.255 e. The average molecular weight is 478 g/mol. The van der Waals surface area contributed by atoms with Gasteiger partial charge in [-0.2, -0.15) is 0 Å². The topological polar surface area (TPSA) is 12.9 Å². The van der Waals surface area contributed by atoms with Crippen molar-refractivity contribution in [1.82, 2.24) is 4.98 Å². The lowest BCUT2D eigenvalue weighted by atomic mass is 9.82. The highest BCUT2D eigenvalue weighted by Crippen LogP contribution is 2.46. The summed E-state index contributed by atoms with van der Waals surface area (Å²) >= 11 is 3.74. The normalized spacial score (nSPS) is 12.3. The van der Waals surface area contributed by atoms with E-state index in [1.54, 1.807) is 0 Å². The molecule has 168 valence electrons. The third-order valence-electron chi connectivity index (χ3n) is 6.83. The predicted octanol–water partition coefficient (Wildman–Crippen LogP) is 9.91. The van der Waals surface area contributed by atoms with Crippen LogP contribution in [0.3, 0.4) is 0 Å². The Hall–Kier alpha value is -3.01. The molecule has 0 amide bonds. The quantitative estimate of drug-likeness (QED) is 0.242. The highest BCUT2D eigenvalue weighted by Gasteiger charge is 2.21. The number of pyridine rings is 1. The molecule has 0 aliphatic carbocycles. The van der Waals surface area contributed by atoms with Crippen LogP contribution < -0.4 is 0 Å². The minimum absolute atomic E-state index is 0.0483. The largest absolute Gasteiger partial charge is 0.255 e. The molecule has 0 saturated carbocycles. The van der Waals surface area contributed by atoms with Crippen LogP contribution in [0.1, 0.15) is 37.5 Å². The zero-order valence-electron chi connectivity index (χ0n) is 20.2. The zero-order chi connectivity index (χ0) is 23.6. The monoisotopic (exact) mass is 477 g/mol. The lowest BCUT2D eigenvalue weighted by molar-refractivity contribution is 0.596. The second kappa shape index (κ2) is 7.76. The third kappa shape index (κ3) is 3.30. The number of aromatic nitrogens is 1. The van der Waals surface area contributed by atoms with Gasteiger partial charge in [-0.1, -0.05) is 63.2 Å². The van der Waals surface area contributed by atoms with E-state index in [2.05, 4.69) is 101 Å². The van der Waals surface area contributed by atoms with Crippen molar-refractivity contribution in [1.29, 1.82) is 0 Å². The van der Waals surface area contributed by atoms with Gasteiger partial charge in [0, 0.05) is 26.9 Å². The Kier molecular flexibility index (Phi) is 4.91. The Morgan fingerprint density at radius 3 is 2.41 bits per heavy atom. The first-order valence-corrected chi connectivity index (χ1v) is 13.4. The van der Waals surface area contributed by atoms with E-state index in [4.69, 9.17) is 4.98 Å². The van der Waals surface area contributed by atoms with E-state index >= 15 is 0 Å². The van der Waals surface area contributed by atoms with Crippen molar-refractivity contribution in [3.63, 3.8) is 0 Å². The van der Waals surface area contributed by atoms with Crippen molar-refractivity contribution in [3.05, 3.63) is 88.9 Å². The summed E-state index contributed by atoms with van der Waals surface area (Å²) in [5, 5.41) is 7.54. The SMILES string of the molecule is Cc1csc2c(-c3sc4c(-c5cc(C(C)(C)C)c6ccccc6c5)nccc4c3C)cccc12. The van der Waals surface area contributed by atoms with E-state index in [0.29, 0.717) is 0 Å². The van der Waals surface area contributed by atoms with Crippen molar-refractivity contribution in [2.24, 2.45) is 0 Å². The summed E-state index contributed by atoms with van der Waals surface area (Å²) in [6, 6.07) is 22.3. The van der Waals surface area contributed by atoms with Gasteiger partial charge in [0.05, 0.1) is 10.4 Å². The molecule has 1 nitrogen and oxygen atoms in total. The van der Waals surface area contributed by atoms with Crippen LogP contribution in [0, 0.1) is 13.8 Å². The van der Waals surface area contributed by atoms with E-state index in [9.17, 15) is 0 Å². The molecule has 3 heteroatoms. The van der Waals surface area contributed by atoms with E-state index in [0.717, 1.165) is 5.69 Å². The van der Waals surface area contributed by atoms with Crippen LogP contribution in [0.2, 0.25) is 0 Å².